The van der Waals surface area contributed by atoms with E-state index < -0.39 is 12.0 Å². The second-order valence-electron chi connectivity index (χ2n) is 3.35. The number of nitrogens with one attached hydrogen (secondary N) is 1. The summed E-state index contributed by atoms with van der Waals surface area (Å²) in [6.07, 6.45) is -0.568. The van der Waals surface area contributed by atoms with Gasteiger partial charge < -0.3 is 15.2 Å². The van der Waals surface area contributed by atoms with Crippen molar-refractivity contribution in [1.29, 1.82) is 0 Å². The number of ether oxygens (including phenoxy) is 2. The number of rotatable bonds is 5. The first-order valence-electron chi connectivity index (χ1n) is 5.27. The van der Waals surface area contributed by atoms with Crippen molar-refractivity contribution in [3.8, 4) is 0 Å². The van der Waals surface area contributed by atoms with Gasteiger partial charge in [-0.3, -0.25) is 10.1 Å². The van der Waals surface area contributed by atoms with Crippen LogP contribution in [0.15, 0.2) is 24.3 Å². The Morgan fingerprint density at radius 1 is 1.22 bits per heavy atom. The highest BCUT2D eigenvalue weighted by atomic mass is 16.5. The molecule has 94 valence electrons. The molecular formula is C11H13BN2O4. The normalized spacial score (nSPS) is 9.61. The Labute approximate surface area is 106 Å². The second kappa shape index (κ2) is 7.34. The Bertz CT molecular complexity index is 408. The fraction of sp³-hybridized carbons (Fsp3) is 0.273. The van der Waals surface area contributed by atoms with Crippen LogP contribution in [0.4, 0.5) is 15.3 Å². The minimum absolute atomic E-state index is 0.0905. The average molecular weight is 248 g/mol. The van der Waals surface area contributed by atoms with Crippen LogP contribution in [0.5, 0.6) is 0 Å². The third-order valence-corrected chi connectivity index (χ3v) is 1.93. The Hall–Kier alpha value is -2.02. The van der Waals surface area contributed by atoms with Gasteiger partial charge in [0.05, 0.1) is 0 Å². The van der Waals surface area contributed by atoms with Gasteiger partial charge in [-0.2, -0.15) is 0 Å². The van der Waals surface area contributed by atoms with Crippen molar-refractivity contribution >= 4 is 25.5 Å². The molecule has 7 heteroatoms. The first-order chi connectivity index (χ1) is 8.61. The van der Waals surface area contributed by atoms with Crippen LogP contribution in [0.2, 0.25) is 0 Å². The van der Waals surface area contributed by atoms with Crippen LogP contribution in [0.3, 0.4) is 0 Å². The molecule has 3 N–H and O–H groups in total. The highest BCUT2D eigenvalue weighted by molar-refractivity contribution is 6.55. The molecule has 18 heavy (non-hydrogen) atoms. The van der Waals surface area contributed by atoms with Crippen molar-refractivity contribution in [2.75, 3.05) is 18.5 Å². The zero-order valence-electron chi connectivity index (χ0n) is 9.72. The Morgan fingerprint density at radius 2 is 1.89 bits per heavy atom. The van der Waals surface area contributed by atoms with Gasteiger partial charge in [0.1, 0.15) is 13.2 Å². The molecule has 0 aliphatic heterocycles. The molecule has 0 atom stereocenters. The van der Waals surface area contributed by atoms with Crippen molar-refractivity contribution in [2.45, 2.75) is 6.61 Å². The van der Waals surface area contributed by atoms with E-state index in [0.29, 0.717) is 5.69 Å². The molecule has 0 aliphatic rings. The zero-order valence-corrected chi connectivity index (χ0v) is 9.72. The number of hydrogen-bond acceptors (Lipinski definition) is 5. The summed E-state index contributed by atoms with van der Waals surface area (Å²) in [6, 6.07) is 6.70. The molecule has 0 saturated carbocycles. The average Bonchev–Trinajstić information content (AvgIpc) is 2.35. The van der Waals surface area contributed by atoms with Gasteiger partial charge in [-0.15, -0.1) is 0 Å². The Kier molecular flexibility index (Phi) is 5.73. The minimum atomic E-state index is -0.831. The highest BCUT2D eigenvalue weighted by Gasteiger charge is 2.02. The van der Waals surface area contributed by atoms with Crippen molar-refractivity contribution in [3.63, 3.8) is 0 Å². The van der Waals surface area contributed by atoms with E-state index in [0.717, 1.165) is 5.56 Å². The Morgan fingerprint density at radius 3 is 2.44 bits per heavy atom. The van der Waals surface area contributed by atoms with E-state index in [1.54, 1.807) is 24.3 Å². The maximum absolute atomic E-state index is 11.2. The lowest BCUT2D eigenvalue weighted by Gasteiger charge is -2.07. The van der Waals surface area contributed by atoms with E-state index in [2.05, 4.69) is 10.1 Å². The van der Waals surface area contributed by atoms with E-state index >= 15 is 0 Å². The number of nitrogens with two attached hydrogens (primary N) is 1. The highest BCUT2D eigenvalue weighted by Crippen LogP contribution is 2.10. The first-order valence-corrected chi connectivity index (χ1v) is 5.27. The molecule has 0 bridgehead atoms. The van der Waals surface area contributed by atoms with E-state index in [1.165, 1.54) is 0 Å². The van der Waals surface area contributed by atoms with Gasteiger partial charge in [-0.25, -0.2) is 4.79 Å². The van der Waals surface area contributed by atoms with Gasteiger partial charge in [0.2, 0.25) is 13.7 Å². The van der Waals surface area contributed by atoms with Crippen molar-refractivity contribution in [2.24, 2.45) is 5.73 Å². The third-order valence-electron chi connectivity index (χ3n) is 1.93. The van der Waals surface area contributed by atoms with Gasteiger partial charge in [0, 0.05) is 12.2 Å². The van der Waals surface area contributed by atoms with Crippen LogP contribution in [0.1, 0.15) is 5.56 Å². The molecule has 1 aromatic rings. The summed E-state index contributed by atoms with van der Waals surface area (Å²) in [5.41, 5.74) is 6.52. The van der Waals surface area contributed by atoms with Crippen LogP contribution < -0.4 is 11.1 Å². The molecule has 2 radical (unpaired) electrons. The van der Waals surface area contributed by atoms with E-state index in [-0.39, 0.29) is 19.8 Å². The lowest BCUT2D eigenvalue weighted by Crippen LogP contribution is -2.18. The van der Waals surface area contributed by atoms with E-state index in [9.17, 15) is 9.59 Å². The molecular weight excluding hydrogens is 235 g/mol. The number of carbonyl (C=O) groups excluding carboxylic acids is 2. The maximum atomic E-state index is 11.2. The molecule has 0 fully saturated rings. The molecule has 1 aromatic carbocycles. The van der Waals surface area contributed by atoms with E-state index in [1.807, 2.05) is 0 Å². The maximum Gasteiger partial charge on any atom is 0.411 e. The Balaban J connectivity index is 2.44. The second-order valence-corrected chi connectivity index (χ2v) is 3.35. The van der Waals surface area contributed by atoms with Gasteiger partial charge >= 0.3 is 6.09 Å². The van der Waals surface area contributed by atoms with Crippen LogP contribution >= 0.6 is 0 Å². The molecule has 1 rings (SSSR count). The van der Waals surface area contributed by atoms with Gasteiger partial charge in [-0.1, -0.05) is 12.1 Å². The zero-order chi connectivity index (χ0) is 13.4. The summed E-state index contributed by atoms with van der Waals surface area (Å²) in [5.74, 6) is -0.831. The summed E-state index contributed by atoms with van der Waals surface area (Å²) < 4.78 is 9.36. The summed E-state index contributed by atoms with van der Waals surface area (Å²) >= 11 is 0. The molecule has 0 spiro atoms. The fourth-order valence-electron chi connectivity index (χ4n) is 1.14. The predicted molar refractivity (Wildman–Crippen MR) is 66.4 cm³/mol. The van der Waals surface area contributed by atoms with Gasteiger partial charge in [-0.05, 0) is 17.7 Å². The summed E-state index contributed by atoms with van der Waals surface area (Å²) in [6.45, 7) is 0.528. The third kappa shape index (κ3) is 5.35. The lowest BCUT2D eigenvalue weighted by atomic mass is 10.2. The smallest absolute Gasteiger partial charge is 0.411 e. The monoisotopic (exact) mass is 248 g/mol. The topological polar surface area (TPSA) is 90.6 Å². The van der Waals surface area contributed by atoms with Crippen molar-refractivity contribution in [1.82, 2.24) is 0 Å². The van der Waals surface area contributed by atoms with Crippen LogP contribution in [-0.2, 0) is 16.1 Å². The summed E-state index contributed by atoms with van der Waals surface area (Å²) in [4.78, 5) is 21.6. The number of amides is 1. The van der Waals surface area contributed by atoms with Gasteiger partial charge in [0.25, 0.3) is 0 Å². The first kappa shape index (κ1) is 14.0. The van der Waals surface area contributed by atoms with Crippen LogP contribution in [-0.4, -0.2) is 33.0 Å². The number of anilines is 1. The quantitative estimate of drug-likeness (QED) is 0.758. The molecule has 1 amide bonds. The molecule has 0 aliphatic carbocycles. The largest absolute Gasteiger partial charge is 0.470 e. The SMILES string of the molecule is [B]C(=O)OCc1ccc(NC(=O)OCCN)cc1. The van der Waals surface area contributed by atoms with Crippen LogP contribution in [0, 0.1) is 0 Å². The summed E-state index contributed by atoms with van der Waals surface area (Å²) in [7, 11) is 4.84. The van der Waals surface area contributed by atoms with Crippen LogP contribution in [0.25, 0.3) is 0 Å². The fourth-order valence-corrected chi connectivity index (χ4v) is 1.14. The standard InChI is InChI=1S/C11H13BN2O4/c12-10(15)18-7-8-1-3-9(4-2-8)14-11(16)17-6-5-13/h1-4H,5-7,13H2,(H,14,16). The molecule has 0 unspecified atom stereocenters. The van der Waals surface area contributed by atoms with E-state index in [4.69, 9.17) is 18.3 Å². The molecule has 0 saturated heterocycles. The van der Waals surface area contributed by atoms with Crippen molar-refractivity contribution in [3.05, 3.63) is 29.8 Å². The molecule has 6 nitrogen and oxygen atoms in total. The predicted octanol–water partition coefficient (Wildman–Crippen LogP) is 0.999. The van der Waals surface area contributed by atoms with Gasteiger partial charge in [0.15, 0.2) is 0 Å². The number of carbonyl (C=O) groups is 2. The van der Waals surface area contributed by atoms with Crippen molar-refractivity contribution < 1.29 is 19.1 Å². The number of hydrogen-bond donors (Lipinski definition) is 2. The number of benzene rings is 1. The molecule has 0 aromatic heterocycles. The molecule has 0 heterocycles. The summed E-state index contributed by atoms with van der Waals surface area (Å²) in [5, 5.41) is 2.52. The minimum Gasteiger partial charge on any atom is -0.470 e. The lowest BCUT2D eigenvalue weighted by molar-refractivity contribution is 0.165.